The lowest BCUT2D eigenvalue weighted by Crippen LogP contribution is -1.99. The van der Waals surface area contributed by atoms with Crippen LogP contribution >= 0.6 is 0 Å². The molecule has 0 radical (unpaired) electrons. The van der Waals surface area contributed by atoms with E-state index in [9.17, 15) is 10.1 Å². The first-order valence-electron chi connectivity index (χ1n) is 5.85. The molecule has 2 aromatic rings. The van der Waals surface area contributed by atoms with E-state index < -0.39 is 4.92 Å². The summed E-state index contributed by atoms with van der Waals surface area (Å²) < 4.78 is 0. The van der Waals surface area contributed by atoms with Crippen LogP contribution in [-0.4, -0.2) is 4.92 Å². The van der Waals surface area contributed by atoms with Gasteiger partial charge in [-0.05, 0) is 49.2 Å². The van der Waals surface area contributed by atoms with Crippen LogP contribution < -0.4 is 11.1 Å². The van der Waals surface area contributed by atoms with Crippen LogP contribution in [-0.2, 0) is 0 Å². The van der Waals surface area contributed by atoms with Crippen LogP contribution in [0.3, 0.4) is 0 Å². The molecule has 5 heteroatoms. The summed E-state index contributed by atoms with van der Waals surface area (Å²) in [5.74, 6) is 0. The lowest BCUT2D eigenvalue weighted by atomic mass is 10.1. The lowest BCUT2D eigenvalue weighted by Gasteiger charge is -2.09. The minimum atomic E-state index is -0.445. The Balaban J connectivity index is 2.37. The fraction of sp³-hybridized carbons (Fsp3) is 0.143. The Labute approximate surface area is 111 Å². The molecule has 19 heavy (non-hydrogen) atoms. The van der Waals surface area contributed by atoms with Gasteiger partial charge in [0.05, 0.1) is 4.92 Å². The second kappa shape index (κ2) is 4.97. The van der Waals surface area contributed by atoms with Gasteiger partial charge in [0.1, 0.15) is 5.69 Å². The van der Waals surface area contributed by atoms with Gasteiger partial charge in [0.15, 0.2) is 0 Å². The van der Waals surface area contributed by atoms with Crippen LogP contribution in [0, 0.1) is 24.0 Å². The number of hydrogen-bond donors (Lipinski definition) is 2. The zero-order chi connectivity index (χ0) is 14.0. The molecule has 0 aliphatic rings. The van der Waals surface area contributed by atoms with Gasteiger partial charge in [-0.3, -0.25) is 10.1 Å². The number of rotatable bonds is 3. The van der Waals surface area contributed by atoms with E-state index >= 15 is 0 Å². The van der Waals surface area contributed by atoms with Crippen molar-refractivity contribution < 1.29 is 4.92 Å². The van der Waals surface area contributed by atoms with E-state index in [0.717, 1.165) is 11.3 Å². The van der Waals surface area contributed by atoms with E-state index in [1.807, 2.05) is 32.0 Å². The van der Waals surface area contributed by atoms with Crippen molar-refractivity contribution in [1.29, 1.82) is 0 Å². The fourth-order valence-electron chi connectivity index (χ4n) is 1.78. The third kappa shape index (κ3) is 2.82. The molecule has 5 nitrogen and oxygen atoms in total. The maximum absolute atomic E-state index is 11.0. The maximum atomic E-state index is 11.0. The maximum Gasteiger partial charge on any atom is 0.294 e. The summed E-state index contributed by atoms with van der Waals surface area (Å²) in [6.45, 7) is 4.02. The van der Waals surface area contributed by atoms with Gasteiger partial charge >= 0.3 is 0 Å². The van der Waals surface area contributed by atoms with Crippen molar-refractivity contribution in [3.63, 3.8) is 0 Å². The van der Waals surface area contributed by atoms with Gasteiger partial charge in [-0.1, -0.05) is 6.07 Å². The van der Waals surface area contributed by atoms with Crippen molar-refractivity contribution in [3.8, 4) is 0 Å². The predicted octanol–water partition coefficient (Wildman–Crippen LogP) is 3.54. The third-order valence-corrected chi connectivity index (χ3v) is 3.00. The molecule has 2 aromatic carbocycles. The second-order valence-corrected chi connectivity index (χ2v) is 4.46. The van der Waals surface area contributed by atoms with Gasteiger partial charge < -0.3 is 11.1 Å². The minimum absolute atomic E-state index is 0.0294. The van der Waals surface area contributed by atoms with Gasteiger partial charge in [0.25, 0.3) is 5.69 Å². The number of benzene rings is 2. The summed E-state index contributed by atoms with van der Waals surface area (Å²) in [6.07, 6.45) is 0. The number of nitrogens with zero attached hydrogens (tertiary/aromatic N) is 1. The van der Waals surface area contributed by atoms with Gasteiger partial charge in [-0.25, -0.2) is 0 Å². The highest BCUT2D eigenvalue weighted by molar-refractivity contribution is 5.72. The molecule has 0 bridgehead atoms. The second-order valence-electron chi connectivity index (χ2n) is 4.46. The van der Waals surface area contributed by atoms with Crippen molar-refractivity contribution in [2.45, 2.75) is 13.8 Å². The number of aryl methyl sites for hydroxylation is 2. The Kier molecular flexibility index (Phi) is 3.37. The van der Waals surface area contributed by atoms with E-state index in [4.69, 9.17) is 5.73 Å². The topological polar surface area (TPSA) is 81.2 Å². The van der Waals surface area contributed by atoms with E-state index in [0.29, 0.717) is 11.4 Å². The Morgan fingerprint density at radius 1 is 1.11 bits per heavy atom. The number of nitro groups is 1. The van der Waals surface area contributed by atoms with Crippen LogP contribution in [0.15, 0.2) is 36.4 Å². The highest BCUT2D eigenvalue weighted by atomic mass is 16.6. The van der Waals surface area contributed by atoms with E-state index in [1.165, 1.54) is 11.6 Å². The normalized spacial score (nSPS) is 10.2. The number of nitrogen functional groups attached to an aromatic ring is 1. The van der Waals surface area contributed by atoms with Crippen molar-refractivity contribution in [3.05, 3.63) is 57.6 Å². The third-order valence-electron chi connectivity index (χ3n) is 3.00. The average Bonchev–Trinajstić information content (AvgIpc) is 2.36. The first kappa shape index (κ1) is 12.9. The Morgan fingerprint density at radius 3 is 2.47 bits per heavy atom. The number of hydrogen-bond acceptors (Lipinski definition) is 4. The molecule has 0 heterocycles. The lowest BCUT2D eigenvalue weighted by molar-refractivity contribution is -0.383. The largest absolute Gasteiger partial charge is 0.399 e. The molecule has 0 aliphatic heterocycles. The monoisotopic (exact) mass is 257 g/mol. The van der Waals surface area contributed by atoms with Crippen molar-refractivity contribution in [2.24, 2.45) is 0 Å². The Bertz CT molecular complexity index is 639. The molecule has 0 fully saturated rings. The van der Waals surface area contributed by atoms with Crippen LogP contribution in [0.4, 0.5) is 22.7 Å². The summed E-state index contributed by atoms with van der Waals surface area (Å²) in [4.78, 5) is 10.6. The first-order chi connectivity index (χ1) is 8.97. The smallest absolute Gasteiger partial charge is 0.294 e. The van der Waals surface area contributed by atoms with Gasteiger partial charge in [0.2, 0.25) is 0 Å². The molecule has 0 spiro atoms. The molecular weight excluding hydrogens is 242 g/mol. The van der Waals surface area contributed by atoms with Gasteiger partial charge in [-0.2, -0.15) is 0 Å². The van der Waals surface area contributed by atoms with E-state index in [1.54, 1.807) is 12.1 Å². The molecular formula is C14H15N3O2. The molecule has 0 unspecified atom stereocenters. The van der Waals surface area contributed by atoms with Crippen LogP contribution in [0.1, 0.15) is 11.1 Å². The predicted molar refractivity (Wildman–Crippen MR) is 76.7 cm³/mol. The molecule has 0 saturated heterocycles. The standard InChI is InChI=1S/C14H15N3O2/c1-9-3-5-12(7-10(9)2)16-13-6-4-11(15)8-14(13)17(18)19/h3-8,16H,15H2,1-2H3. The molecule has 0 atom stereocenters. The highest BCUT2D eigenvalue weighted by Gasteiger charge is 2.14. The summed E-state index contributed by atoms with van der Waals surface area (Å²) in [6, 6.07) is 10.4. The molecule has 98 valence electrons. The number of nitrogens with two attached hydrogens (primary N) is 1. The van der Waals surface area contributed by atoms with E-state index in [2.05, 4.69) is 5.32 Å². The quantitative estimate of drug-likeness (QED) is 0.500. The molecule has 0 amide bonds. The Hall–Kier alpha value is -2.56. The van der Waals surface area contributed by atoms with Crippen LogP contribution in [0.25, 0.3) is 0 Å². The van der Waals surface area contributed by atoms with Crippen LogP contribution in [0.5, 0.6) is 0 Å². The van der Waals surface area contributed by atoms with Gasteiger partial charge in [0, 0.05) is 17.4 Å². The van der Waals surface area contributed by atoms with Crippen molar-refractivity contribution in [2.75, 3.05) is 11.1 Å². The molecule has 3 N–H and O–H groups in total. The molecule has 2 rings (SSSR count). The number of nitro benzene ring substituents is 1. The summed E-state index contributed by atoms with van der Waals surface area (Å²) >= 11 is 0. The molecule has 0 aromatic heterocycles. The molecule has 0 aliphatic carbocycles. The first-order valence-corrected chi connectivity index (χ1v) is 5.85. The summed E-state index contributed by atoms with van der Waals surface area (Å²) in [7, 11) is 0. The number of nitrogens with one attached hydrogen (secondary N) is 1. The fourth-order valence-corrected chi connectivity index (χ4v) is 1.78. The Morgan fingerprint density at radius 2 is 1.84 bits per heavy atom. The average molecular weight is 257 g/mol. The molecule has 0 saturated carbocycles. The van der Waals surface area contributed by atoms with Crippen molar-refractivity contribution >= 4 is 22.7 Å². The van der Waals surface area contributed by atoms with Gasteiger partial charge in [-0.15, -0.1) is 0 Å². The summed E-state index contributed by atoms with van der Waals surface area (Å²) in [5.41, 5.74) is 9.47. The zero-order valence-corrected chi connectivity index (χ0v) is 10.8. The highest BCUT2D eigenvalue weighted by Crippen LogP contribution is 2.30. The SMILES string of the molecule is Cc1ccc(Nc2ccc(N)cc2[N+](=O)[O-])cc1C. The van der Waals surface area contributed by atoms with Crippen LogP contribution in [0.2, 0.25) is 0 Å². The zero-order valence-electron chi connectivity index (χ0n) is 10.8. The van der Waals surface area contributed by atoms with E-state index in [-0.39, 0.29) is 5.69 Å². The summed E-state index contributed by atoms with van der Waals surface area (Å²) in [5, 5.41) is 14.0. The number of anilines is 3. The minimum Gasteiger partial charge on any atom is -0.399 e. The van der Waals surface area contributed by atoms with Crippen molar-refractivity contribution in [1.82, 2.24) is 0 Å².